The average Bonchev–Trinajstić information content (AvgIpc) is 2.88. The number of hydrogen-bond acceptors (Lipinski definition) is 2. The van der Waals surface area contributed by atoms with Crippen LogP contribution >= 0.6 is 11.6 Å². The zero-order valence-electron chi connectivity index (χ0n) is 9.60. The highest BCUT2D eigenvalue weighted by atomic mass is 35.5. The molecule has 0 heterocycles. The molecule has 0 aromatic heterocycles. The van der Waals surface area contributed by atoms with E-state index in [-0.39, 0.29) is 17.7 Å². The zero-order chi connectivity index (χ0) is 12.0. The Hall–Kier alpha value is -0.860. The Kier molecular flexibility index (Phi) is 2.72. The number of fused-ring (bicyclic) bond motifs is 2. The summed E-state index contributed by atoms with van der Waals surface area (Å²) in [6.45, 7) is 0. The van der Waals surface area contributed by atoms with Gasteiger partial charge in [-0.3, -0.25) is 4.79 Å². The minimum atomic E-state index is 0.0206. The molecule has 0 radical (unpaired) electrons. The molecule has 90 valence electrons. The number of hydrogen-bond donors (Lipinski definition) is 1. The minimum absolute atomic E-state index is 0.0206. The van der Waals surface area contributed by atoms with Crippen molar-refractivity contribution in [3.05, 3.63) is 34.9 Å². The number of rotatable bonds is 2. The van der Waals surface area contributed by atoms with Crippen LogP contribution in [0.2, 0.25) is 5.02 Å². The molecule has 0 aliphatic heterocycles. The number of benzene rings is 1. The Morgan fingerprint density at radius 3 is 2.71 bits per heavy atom. The maximum absolute atomic E-state index is 12.5. The smallest absolute Gasteiger partial charge is 0.167 e. The second kappa shape index (κ2) is 4.11. The molecule has 0 spiro atoms. The minimum Gasteiger partial charge on any atom is -0.327 e. The fraction of sp³-hybridized carbons (Fsp3) is 0.500. The van der Waals surface area contributed by atoms with Gasteiger partial charge in [0.05, 0.1) is 0 Å². The van der Waals surface area contributed by atoms with Crippen LogP contribution in [0.15, 0.2) is 24.3 Å². The maximum Gasteiger partial charge on any atom is 0.167 e. The van der Waals surface area contributed by atoms with Gasteiger partial charge in [0, 0.05) is 22.5 Å². The first-order valence-electron chi connectivity index (χ1n) is 6.22. The average molecular weight is 250 g/mol. The lowest BCUT2D eigenvalue weighted by Crippen LogP contribution is -2.40. The van der Waals surface area contributed by atoms with Gasteiger partial charge in [0.2, 0.25) is 0 Å². The molecular formula is C14H16ClNO. The van der Waals surface area contributed by atoms with E-state index in [0.29, 0.717) is 22.4 Å². The van der Waals surface area contributed by atoms with E-state index in [2.05, 4.69) is 0 Å². The molecule has 4 atom stereocenters. The Labute approximate surface area is 106 Å². The Morgan fingerprint density at radius 1 is 1.29 bits per heavy atom. The highest BCUT2D eigenvalue weighted by molar-refractivity contribution is 6.31. The first-order chi connectivity index (χ1) is 8.16. The Bertz CT molecular complexity index is 457. The molecule has 3 rings (SSSR count). The SMILES string of the molecule is NC1C2CCC(C2)C1C(=O)c1cccc(Cl)c1. The van der Waals surface area contributed by atoms with E-state index in [1.807, 2.05) is 12.1 Å². The molecule has 3 heteroatoms. The first-order valence-corrected chi connectivity index (χ1v) is 6.60. The molecule has 2 aliphatic carbocycles. The number of ketones is 1. The summed E-state index contributed by atoms with van der Waals surface area (Å²) in [4.78, 5) is 12.5. The topological polar surface area (TPSA) is 43.1 Å². The van der Waals surface area contributed by atoms with Crippen molar-refractivity contribution in [3.63, 3.8) is 0 Å². The van der Waals surface area contributed by atoms with Gasteiger partial charge >= 0.3 is 0 Å². The molecule has 1 aromatic carbocycles. The molecular weight excluding hydrogens is 234 g/mol. The molecule has 0 amide bonds. The zero-order valence-corrected chi connectivity index (χ0v) is 10.4. The molecule has 2 nitrogen and oxygen atoms in total. The predicted molar refractivity (Wildman–Crippen MR) is 68.1 cm³/mol. The van der Waals surface area contributed by atoms with Crippen molar-refractivity contribution >= 4 is 17.4 Å². The lowest BCUT2D eigenvalue weighted by molar-refractivity contribution is 0.0856. The quantitative estimate of drug-likeness (QED) is 0.819. The lowest BCUT2D eigenvalue weighted by atomic mass is 9.80. The van der Waals surface area contributed by atoms with E-state index in [1.54, 1.807) is 12.1 Å². The van der Waals surface area contributed by atoms with Gasteiger partial charge in [-0.1, -0.05) is 23.7 Å². The lowest BCUT2D eigenvalue weighted by Gasteiger charge is -2.26. The third kappa shape index (κ3) is 1.80. The number of halogens is 1. The fourth-order valence-corrected chi connectivity index (χ4v) is 3.75. The Morgan fingerprint density at radius 2 is 2.06 bits per heavy atom. The van der Waals surface area contributed by atoms with Gasteiger partial charge in [0.1, 0.15) is 0 Å². The van der Waals surface area contributed by atoms with Gasteiger partial charge in [-0.25, -0.2) is 0 Å². The van der Waals surface area contributed by atoms with Crippen molar-refractivity contribution in [1.82, 2.24) is 0 Å². The van der Waals surface area contributed by atoms with E-state index < -0.39 is 0 Å². The van der Waals surface area contributed by atoms with Crippen LogP contribution in [-0.2, 0) is 0 Å². The summed E-state index contributed by atoms with van der Waals surface area (Å²) in [5, 5.41) is 0.618. The number of carbonyl (C=O) groups excluding carboxylic acids is 1. The van der Waals surface area contributed by atoms with Crippen molar-refractivity contribution in [1.29, 1.82) is 0 Å². The molecule has 1 aromatic rings. The van der Waals surface area contributed by atoms with Crippen molar-refractivity contribution < 1.29 is 4.79 Å². The number of carbonyl (C=O) groups is 1. The van der Waals surface area contributed by atoms with E-state index in [0.717, 1.165) is 12.8 Å². The summed E-state index contributed by atoms with van der Waals surface area (Å²) in [5.41, 5.74) is 6.90. The second-order valence-electron chi connectivity index (χ2n) is 5.31. The summed E-state index contributed by atoms with van der Waals surface area (Å²) in [6, 6.07) is 7.27. The summed E-state index contributed by atoms with van der Waals surface area (Å²) >= 11 is 5.93. The molecule has 2 aliphatic rings. The molecule has 2 bridgehead atoms. The van der Waals surface area contributed by atoms with Crippen LogP contribution in [-0.4, -0.2) is 11.8 Å². The van der Waals surface area contributed by atoms with Crippen LogP contribution in [0.4, 0.5) is 0 Å². The molecule has 2 saturated carbocycles. The highest BCUT2D eigenvalue weighted by Crippen LogP contribution is 2.48. The van der Waals surface area contributed by atoms with Gasteiger partial charge in [-0.05, 0) is 43.2 Å². The third-order valence-corrected chi connectivity index (χ3v) is 4.63. The first kappa shape index (κ1) is 11.2. The number of Topliss-reactive ketones (excluding diaryl/α,β-unsaturated/α-hetero) is 1. The summed E-state index contributed by atoms with van der Waals surface area (Å²) in [5.74, 6) is 1.27. The fourth-order valence-electron chi connectivity index (χ4n) is 3.56. The van der Waals surface area contributed by atoms with E-state index in [9.17, 15) is 4.79 Å². The van der Waals surface area contributed by atoms with Crippen LogP contribution in [0.3, 0.4) is 0 Å². The van der Waals surface area contributed by atoms with Crippen molar-refractivity contribution in [2.24, 2.45) is 23.5 Å². The maximum atomic E-state index is 12.5. The van der Waals surface area contributed by atoms with Gasteiger partial charge in [-0.2, -0.15) is 0 Å². The third-order valence-electron chi connectivity index (χ3n) is 4.39. The molecule has 0 saturated heterocycles. The summed E-state index contributed by atoms with van der Waals surface area (Å²) in [7, 11) is 0. The van der Waals surface area contributed by atoms with Gasteiger partial charge < -0.3 is 5.73 Å². The van der Waals surface area contributed by atoms with Crippen LogP contribution in [0.25, 0.3) is 0 Å². The van der Waals surface area contributed by atoms with Crippen LogP contribution in [0.1, 0.15) is 29.6 Å². The standard InChI is InChI=1S/C14H16ClNO/c15-11-3-1-2-10(7-11)14(17)12-8-4-5-9(6-8)13(12)16/h1-3,7-9,12-13H,4-6,16H2. The van der Waals surface area contributed by atoms with Crippen LogP contribution < -0.4 is 5.73 Å². The summed E-state index contributed by atoms with van der Waals surface area (Å²) in [6.07, 6.45) is 3.50. The molecule has 17 heavy (non-hydrogen) atoms. The highest BCUT2D eigenvalue weighted by Gasteiger charge is 2.48. The van der Waals surface area contributed by atoms with Crippen molar-refractivity contribution in [2.75, 3.05) is 0 Å². The Balaban J connectivity index is 1.88. The van der Waals surface area contributed by atoms with Gasteiger partial charge in [0.15, 0.2) is 5.78 Å². The van der Waals surface area contributed by atoms with Crippen molar-refractivity contribution in [2.45, 2.75) is 25.3 Å². The van der Waals surface area contributed by atoms with E-state index >= 15 is 0 Å². The van der Waals surface area contributed by atoms with E-state index in [4.69, 9.17) is 17.3 Å². The van der Waals surface area contributed by atoms with Crippen LogP contribution in [0.5, 0.6) is 0 Å². The van der Waals surface area contributed by atoms with Crippen LogP contribution in [0, 0.1) is 17.8 Å². The summed E-state index contributed by atoms with van der Waals surface area (Å²) < 4.78 is 0. The second-order valence-corrected chi connectivity index (χ2v) is 5.75. The number of nitrogens with two attached hydrogens (primary N) is 1. The largest absolute Gasteiger partial charge is 0.327 e. The monoisotopic (exact) mass is 249 g/mol. The molecule has 2 fully saturated rings. The predicted octanol–water partition coefficient (Wildman–Crippen LogP) is 2.90. The molecule has 2 N–H and O–H groups in total. The van der Waals surface area contributed by atoms with Crippen molar-refractivity contribution in [3.8, 4) is 0 Å². The van der Waals surface area contributed by atoms with E-state index in [1.165, 1.54) is 6.42 Å². The molecule has 4 unspecified atom stereocenters. The normalized spacial score (nSPS) is 35.2. The van der Waals surface area contributed by atoms with Gasteiger partial charge in [-0.15, -0.1) is 0 Å². The van der Waals surface area contributed by atoms with Gasteiger partial charge in [0.25, 0.3) is 0 Å².